The number of rotatable bonds is 3. The highest BCUT2D eigenvalue weighted by molar-refractivity contribution is 7.14. The molecule has 1 aliphatic rings. The monoisotopic (exact) mass is 343 g/mol. The molecule has 0 fully saturated rings. The van der Waals surface area contributed by atoms with Gasteiger partial charge in [-0.25, -0.2) is 9.97 Å². The first kappa shape index (κ1) is 14.2. The Bertz CT molecular complexity index is 825. The van der Waals surface area contributed by atoms with Crippen molar-refractivity contribution < 1.29 is 0 Å². The van der Waals surface area contributed by atoms with Gasteiger partial charge in [0.1, 0.15) is 22.1 Å². The van der Waals surface area contributed by atoms with E-state index in [4.69, 9.17) is 0 Å². The van der Waals surface area contributed by atoms with Crippen molar-refractivity contribution in [1.82, 2.24) is 25.5 Å². The number of guanidine groups is 1. The van der Waals surface area contributed by atoms with Crippen molar-refractivity contribution >= 4 is 33.8 Å². The largest absolute Gasteiger partial charge is 0.356 e. The summed E-state index contributed by atoms with van der Waals surface area (Å²) in [7, 11) is 0. The molecule has 3 aromatic rings. The van der Waals surface area contributed by atoms with E-state index in [1.54, 1.807) is 6.20 Å². The van der Waals surface area contributed by atoms with Gasteiger partial charge in [-0.05, 0) is 18.6 Å². The minimum atomic E-state index is 0.776. The van der Waals surface area contributed by atoms with Crippen LogP contribution in [0.4, 0.5) is 5.13 Å². The first-order valence-corrected chi connectivity index (χ1v) is 8.89. The Morgan fingerprint density at radius 1 is 1.09 bits per heavy atom. The molecular formula is C14H13N7S2. The maximum atomic E-state index is 4.60. The lowest BCUT2D eigenvalue weighted by Gasteiger charge is -2.13. The van der Waals surface area contributed by atoms with Gasteiger partial charge in [0.2, 0.25) is 0 Å². The lowest BCUT2D eigenvalue weighted by atomic mass is 10.4. The fraction of sp³-hybridized carbons (Fsp3) is 0.214. The van der Waals surface area contributed by atoms with E-state index in [1.165, 1.54) is 22.7 Å². The summed E-state index contributed by atoms with van der Waals surface area (Å²) in [6, 6.07) is 3.75. The van der Waals surface area contributed by atoms with E-state index in [1.807, 2.05) is 22.9 Å². The molecule has 0 radical (unpaired) electrons. The fourth-order valence-corrected chi connectivity index (χ4v) is 3.57. The normalized spacial score (nSPS) is 14.2. The van der Waals surface area contributed by atoms with Gasteiger partial charge in [-0.1, -0.05) is 0 Å². The summed E-state index contributed by atoms with van der Waals surface area (Å²) in [4.78, 5) is 13.6. The second kappa shape index (κ2) is 6.39. The molecule has 2 N–H and O–H groups in total. The minimum Gasteiger partial charge on any atom is -0.356 e. The highest BCUT2D eigenvalue weighted by Gasteiger charge is 2.12. The number of aromatic nitrogens is 4. The number of anilines is 1. The van der Waals surface area contributed by atoms with Crippen molar-refractivity contribution in [3.8, 4) is 22.1 Å². The number of nitrogens with zero attached hydrogens (tertiary/aromatic N) is 5. The van der Waals surface area contributed by atoms with Crippen LogP contribution in [-0.4, -0.2) is 39.2 Å². The van der Waals surface area contributed by atoms with Crippen LogP contribution in [0.5, 0.6) is 0 Å². The summed E-state index contributed by atoms with van der Waals surface area (Å²) in [6.45, 7) is 1.79. The predicted octanol–water partition coefficient (Wildman–Crippen LogP) is 2.48. The van der Waals surface area contributed by atoms with E-state index < -0.39 is 0 Å². The summed E-state index contributed by atoms with van der Waals surface area (Å²) in [5.74, 6) is 0.788. The first-order chi connectivity index (χ1) is 11.4. The Balaban J connectivity index is 1.53. The number of thiazole rings is 2. The Labute approximate surface area is 140 Å². The average molecular weight is 343 g/mol. The number of aliphatic imine (C=N–C) groups is 1. The molecule has 0 saturated heterocycles. The highest BCUT2D eigenvalue weighted by Crippen LogP contribution is 2.29. The Kier molecular flexibility index (Phi) is 3.95. The molecule has 0 atom stereocenters. The third-order valence-electron chi connectivity index (χ3n) is 3.18. The summed E-state index contributed by atoms with van der Waals surface area (Å²) in [5, 5.41) is 20.0. The first-order valence-electron chi connectivity index (χ1n) is 7.13. The van der Waals surface area contributed by atoms with Crippen LogP contribution in [0, 0.1) is 0 Å². The van der Waals surface area contributed by atoms with E-state index >= 15 is 0 Å². The standard InChI is InChI=1S/C14H13N7S2/c1-3-9(21-17-6-1)12-18-10(7-22-12)11-8-23-14(19-11)20-13-15-4-2-5-16-13/h1,3,6-8H,2,4-5H2,(H2,15,16,19,20). The minimum absolute atomic E-state index is 0.776. The van der Waals surface area contributed by atoms with Crippen molar-refractivity contribution in [2.75, 3.05) is 18.4 Å². The van der Waals surface area contributed by atoms with Crippen LogP contribution in [0.25, 0.3) is 22.1 Å². The summed E-state index contributed by atoms with van der Waals surface area (Å²) in [6.07, 6.45) is 2.72. The molecule has 0 aromatic carbocycles. The van der Waals surface area contributed by atoms with Gasteiger partial charge in [-0.3, -0.25) is 4.99 Å². The Hall–Kier alpha value is -2.39. The second-order valence-corrected chi connectivity index (χ2v) is 6.54. The van der Waals surface area contributed by atoms with Crippen molar-refractivity contribution in [3.05, 3.63) is 29.1 Å². The average Bonchev–Trinajstić information content (AvgIpc) is 3.26. The van der Waals surface area contributed by atoms with E-state index in [0.29, 0.717) is 0 Å². The zero-order chi connectivity index (χ0) is 15.5. The van der Waals surface area contributed by atoms with E-state index in [-0.39, 0.29) is 0 Å². The lowest BCUT2D eigenvalue weighted by molar-refractivity contribution is 0.740. The molecule has 0 unspecified atom stereocenters. The van der Waals surface area contributed by atoms with Crippen LogP contribution in [0.1, 0.15) is 6.42 Å². The second-order valence-electron chi connectivity index (χ2n) is 4.82. The highest BCUT2D eigenvalue weighted by atomic mass is 32.1. The molecule has 23 heavy (non-hydrogen) atoms. The van der Waals surface area contributed by atoms with Crippen molar-refractivity contribution in [1.29, 1.82) is 0 Å². The number of hydrogen-bond donors (Lipinski definition) is 2. The zero-order valence-electron chi connectivity index (χ0n) is 12.1. The molecule has 4 heterocycles. The molecular weight excluding hydrogens is 330 g/mol. The van der Waals surface area contributed by atoms with Crippen LogP contribution in [-0.2, 0) is 0 Å². The summed E-state index contributed by atoms with van der Waals surface area (Å²) >= 11 is 3.07. The molecule has 0 saturated carbocycles. The predicted molar refractivity (Wildman–Crippen MR) is 92.8 cm³/mol. The van der Waals surface area contributed by atoms with Gasteiger partial charge in [0.25, 0.3) is 0 Å². The molecule has 0 amide bonds. The third-order valence-corrected chi connectivity index (χ3v) is 4.81. The van der Waals surface area contributed by atoms with Gasteiger partial charge in [0, 0.05) is 30.0 Å². The van der Waals surface area contributed by atoms with Gasteiger partial charge in [0.15, 0.2) is 11.1 Å². The summed E-state index contributed by atoms with van der Waals surface area (Å²) in [5.41, 5.74) is 2.47. The number of hydrogen-bond acceptors (Lipinski definition) is 9. The SMILES string of the molecule is c1cnnc(-c2nc(-c3csc(NC4=NCCCN4)n3)cs2)c1. The molecule has 0 spiro atoms. The van der Waals surface area contributed by atoms with E-state index in [9.17, 15) is 0 Å². The third kappa shape index (κ3) is 3.20. The maximum Gasteiger partial charge on any atom is 0.197 e. The van der Waals surface area contributed by atoms with Gasteiger partial charge >= 0.3 is 0 Å². The van der Waals surface area contributed by atoms with Gasteiger partial charge < -0.3 is 10.6 Å². The van der Waals surface area contributed by atoms with Crippen molar-refractivity contribution in [2.45, 2.75) is 6.42 Å². The molecule has 0 bridgehead atoms. The van der Waals surface area contributed by atoms with Gasteiger partial charge in [0.05, 0.1) is 0 Å². The molecule has 7 nitrogen and oxygen atoms in total. The maximum absolute atomic E-state index is 4.60. The molecule has 0 aliphatic carbocycles. The molecule has 1 aliphatic heterocycles. The van der Waals surface area contributed by atoms with Crippen LogP contribution >= 0.6 is 22.7 Å². The molecule has 4 rings (SSSR count). The number of nitrogens with one attached hydrogen (secondary N) is 2. The Morgan fingerprint density at radius 2 is 2.00 bits per heavy atom. The van der Waals surface area contributed by atoms with Crippen LogP contribution in [0.3, 0.4) is 0 Å². The van der Waals surface area contributed by atoms with Crippen molar-refractivity contribution in [3.63, 3.8) is 0 Å². The Morgan fingerprint density at radius 3 is 2.83 bits per heavy atom. The topological polar surface area (TPSA) is 88.0 Å². The van der Waals surface area contributed by atoms with Gasteiger partial charge in [-0.2, -0.15) is 5.10 Å². The molecule has 3 aromatic heterocycles. The van der Waals surface area contributed by atoms with Crippen LogP contribution < -0.4 is 10.6 Å². The van der Waals surface area contributed by atoms with Crippen LogP contribution in [0.15, 0.2) is 34.1 Å². The van der Waals surface area contributed by atoms with E-state index in [2.05, 4.69) is 35.8 Å². The van der Waals surface area contributed by atoms with Crippen molar-refractivity contribution in [2.24, 2.45) is 4.99 Å². The molecule has 116 valence electrons. The summed E-state index contributed by atoms with van der Waals surface area (Å²) < 4.78 is 0. The van der Waals surface area contributed by atoms with Gasteiger partial charge in [-0.15, -0.1) is 27.8 Å². The van der Waals surface area contributed by atoms with E-state index in [0.717, 1.165) is 52.7 Å². The fourth-order valence-electron chi connectivity index (χ4n) is 2.09. The van der Waals surface area contributed by atoms with Crippen LogP contribution in [0.2, 0.25) is 0 Å². The lowest BCUT2D eigenvalue weighted by Crippen LogP contribution is -2.35. The quantitative estimate of drug-likeness (QED) is 0.760. The molecule has 9 heteroatoms. The zero-order valence-corrected chi connectivity index (χ0v) is 13.7. The smallest absolute Gasteiger partial charge is 0.197 e.